The first-order chi connectivity index (χ1) is 12.8. The van der Waals surface area contributed by atoms with Crippen molar-refractivity contribution >= 4 is 14.2 Å². The molecule has 1 saturated heterocycles. The first kappa shape index (κ1) is 24.6. The van der Waals surface area contributed by atoms with Crippen LogP contribution in [-0.2, 0) is 9.53 Å². The maximum atomic E-state index is 12.0. The molecule has 160 valence electrons. The Labute approximate surface area is 170 Å². The highest BCUT2D eigenvalue weighted by Gasteiger charge is 2.51. The van der Waals surface area contributed by atoms with Crippen molar-refractivity contribution in [1.82, 2.24) is 9.47 Å². The largest absolute Gasteiger partial charge is 0.466 e. The highest BCUT2D eigenvalue weighted by Crippen LogP contribution is 2.48. The van der Waals surface area contributed by atoms with Gasteiger partial charge >= 0.3 is 5.97 Å². The normalized spacial score (nSPS) is 23.3. The summed E-state index contributed by atoms with van der Waals surface area (Å²) in [5.41, 5.74) is 2.48. The minimum Gasteiger partial charge on any atom is -0.466 e. The van der Waals surface area contributed by atoms with Crippen molar-refractivity contribution in [3.8, 4) is 0 Å². The monoisotopic (exact) mass is 398 g/mol. The van der Waals surface area contributed by atoms with Gasteiger partial charge in [-0.3, -0.25) is 4.79 Å². The molecule has 0 amide bonds. The number of nitrogens with zero attached hydrogens (tertiary/aromatic N) is 2. The van der Waals surface area contributed by atoms with Gasteiger partial charge in [0.1, 0.15) is 8.24 Å². The predicted octanol–water partition coefficient (Wildman–Crippen LogP) is 5.15. The van der Waals surface area contributed by atoms with E-state index in [9.17, 15) is 4.79 Å². The summed E-state index contributed by atoms with van der Waals surface area (Å²) in [7, 11) is -1.59. The SMILES string of the molecule is CCOC(=O)C(C)CN1CCN([Si](C(C)CC)(C(C)CC)C(C)CC)CC1. The quantitative estimate of drug-likeness (QED) is 0.356. The number of hydrogen-bond donors (Lipinski definition) is 0. The molecule has 0 aromatic carbocycles. The van der Waals surface area contributed by atoms with E-state index in [2.05, 4.69) is 51.0 Å². The number of carbonyl (C=O) groups is 1. The van der Waals surface area contributed by atoms with Crippen LogP contribution in [0.2, 0.25) is 16.6 Å². The third-order valence-electron chi connectivity index (χ3n) is 7.35. The average molecular weight is 399 g/mol. The Bertz CT molecular complexity index is 411. The summed E-state index contributed by atoms with van der Waals surface area (Å²) in [5, 5.41) is 0. The van der Waals surface area contributed by atoms with Crippen LogP contribution in [0.15, 0.2) is 0 Å². The molecular formula is C22H46N2O2Si. The summed E-state index contributed by atoms with van der Waals surface area (Å²) in [6.07, 6.45) is 3.88. The number of carbonyl (C=O) groups excluding carboxylic acids is 1. The van der Waals surface area contributed by atoms with Gasteiger partial charge < -0.3 is 14.2 Å². The minimum atomic E-state index is -1.59. The fraction of sp³-hybridized carbons (Fsp3) is 0.955. The van der Waals surface area contributed by atoms with Crippen LogP contribution in [0.5, 0.6) is 0 Å². The second kappa shape index (κ2) is 11.6. The summed E-state index contributed by atoms with van der Waals surface area (Å²) in [6, 6.07) is 0. The van der Waals surface area contributed by atoms with Gasteiger partial charge in [0.15, 0.2) is 0 Å². The Morgan fingerprint density at radius 2 is 1.30 bits per heavy atom. The maximum absolute atomic E-state index is 12.0. The van der Waals surface area contributed by atoms with Crippen LogP contribution in [0.1, 0.15) is 74.7 Å². The van der Waals surface area contributed by atoms with E-state index >= 15 is 0 Å². The molecule has 4 atom stereocenters. The van der Waals surface area contributed by atoms with Gasteiger partial charge in [-0.25, -0.2) is 0 Å². The molecular weight excluding hydrogens is 352 g/mol. The van der Waals surface area contributed by atoms with Crippen molar-refractivity contribution in [3.05, 3.63) is 0 Å². The third-order valence-corrected chi connectivity index (χ3v) is 14.9. The molecule has 0 aromatic rings. The van der Waals surface area contributed by atoms with Crippen LogP contribution in [0, 0.1) is 5.92 Å². The fourth-order valence-corrected chi connectivity index (χ4v) is 13.2. The van der Waals surface area contributed by atoms with Crippen molar-refractivity contribution < 1.29 is 9.53 Å². The average Bonchev–Trinajstić information content (AvgIpc) is 2.68. The highest BCUT2D eigenvalue weighted by molar-refractivity contribution is 6.81. The molecule has 1 rings (SSSR count). The number of piperazine rings is 1. The van der Waals surface area contributed by atoms with Crippen molar-refractivity contribution in [2.75, 3.05) is 39.3 Å². The van der Waals surface area contributed by atoms with E-state index in [-0.39, 0.29) is 11.9 Å². The number of ether oxygens (including phenoxy) is 1. The number of hydrogen-bond acceptors (Lipinski definition) is 4. The Morgan fingerprint density at radius 3 is 1.67 bits per heavy atom. The predicted molar refractivity (Wildman–Crippen MR) is 119 cm³/mol. The van der Waals surface area contributed by atoms with E-state index in [0.717, 1.165) is 36.3 Å². The Hall–Kier alpha value is -0.393. The Balaban J connectivity index is 2.89. The molecule has 4 unspecified atom stereocenters. The van der Waals surface area contributed by atoms with Crippen LogP contribution >= 0.6 is 0 Å². The standard InChI is InChI=1S/C22H46N2O2Si/c1-9-19(6)27(20(7)10-2,21(8)11-3)24-15-13-23(14-16-24)17-18(5)22(25)26-12-4/h18-21H,9-17H2,1-8H3. The summed E-state index contributed by atoms with van der Waals surface area (Å²) in [4.78, 5) is 14.4. The second-order valence-corrected chi connectivity index (χ2v) is 14.1. The molecule has 27 heavy (non-hydrogen) atoms. The maximum Gasteiger partial charge on any atom is 0.309 e. The summed E-state index contributed by atoms with van der Waals surface area (Å²) >= 11 is 0. The molecule has 1 fully saturated rings. The molecule has 0 radical (unpaired) electrons. The van der Waals surface area contributed by atoms with Crippen molar-refractivity contribution in [2.24, 2.45) is 5.92 Å². The number of esters is 1. The smallest absolute Gasteiger partial charge is 0.309 e. The summed E-state index contributed by atoms with van der Waals surface area (Å²) in [6.45, 7) is 24.4. The molecule has 0 aliphatic carbocycles. The van der Waals surface area contributed by atoms with E-state index in [4.69, 9.17) is 4.74 Å². The first-order valence-electron chi connectivity index (χ1n) is 11.4. The molecule has 5 heteroatoms. The van der Waals surface area contributed by atoms with Gasteiger partial charge in [-0.2, -0.15) is 0 Å². The van der Waals surface area contributed by atoms with E-state index in [1.807, 2.05) is 13.8 Å². The van der Waals surface area contributed by atoms with Gasteiger partial charge in [0.2, 0.25) is 0 Å². The molecule has 0 aromatic heterocycles. The van der Waals surface area contributed by atoms with Gasteiger partial charge in [-0.15, -0.1) is 0 Å². The van der Waals surface area contributed by atoms with Crippen molar-refractivity contribution in [1.29, 1.82) is 0 Å². The lowest BCUT2D eigenvalue weighted by Crippen LogP contribution is -2.66. The van der Waals surface area contributed by atoms with Crippen LogP contribution in [-0.4, -0.2) is 63.0 Å². The fourth-order valence-electron chi connectivity index (χ4n) is 5.44. The lowest BCUT2D eigenvalue weighted by atomic mass is 10.1. The van der Waals surface area contributed by atoms with Crippen LogP contribution in [0.3, 0.4) is 0 Å². The van der Waals surface area contributed by atoms with Gasteiger partial charge in [0.05, 0.1) is 12.5 Å². The van der Waals surface area contributed by atoms with Crippen molar-refractivity contribution in [2.45, 2.75) is 91.3 Å². The molecule has 0 saturated carbocycles. The highest BCUT2D eigenvalue weighted by atomic mass is 28.3. The topological polar surface area (TPSA) is 32.8 Å². The number of rotatable bonds is 11. The minimum absolute atomic E-state index is 0.0304. The van der Waals surface area contributed by atoms with Gasteiger partial charge in [0, 0.05) is 32.7 Å². The van der Waals surface area contributed by atoms with E-state index in [0.29, 0.717) is 6.61 Å². The first-order valence-corrected chi connectivity index (χ1v) is 13.6. The van der Waals surface area contributed by atoms with Crippen LogP contribution < -0.4 is 0 Å². The molecule has 4 nitrogen and oxygen atoms in total. The molecule has 0 bridgehead atoms. The molecule has 0 N–H and O–H groups in total. The second-order valence-electron chi connectivity index (χ2n) is 8.76. The molecule has 1 heterocycles. The van der Waals surface area contributed by atoms with E-state index in [1.54, 1.807) is 0 Å². The lowest BCUT2D eigenvalue weighted by molar-refractivity contribution is -0.148. The zero-order valence-electron chi connectivity index (χ0n) is 19.4. The van der Waals surface area contributed by atoms with E-state index in [1.165, 1.54) is 32.4 Å². The zero-order chi connectivity index (χ0) is 20.6. The third kappa shape index (κ3) is 5.57. The van der Waals surface area contributed by atoms with Crippen molar-refractivity contribution in [3.63, 3.8) is 0 Å². The van der Waals surface area contributed by atoms with Crippen LogP contribution in [0.25, 0.3) is 0 Å². The zero-order valence-corrected chi connectivity index (χ0v) is 20.4. The van der Waals surface area contributed by atoms with Gasteiger partial charge in [-0.1, -0.05) is 67.7 Å². The Morgan fingerprint density at radius 1 is 0.852 bits per heavy atom. The van der Waals surface area contributed by atoms with Gasteiger partial charge in [0.25, 0.3) is 0 Å². The Kier molecular flexibility index (Phi) is 10.6. The van der Waals surface area contributed by atoms with Gasteiger partial charge in [-0.05, 0) is 23.5 Å². The lowest BCUT2D eigenvalue weighted by Gasteiger charge is -2.55. The molecule has 1 aliphatic rings. The molecule has 0 spiro atoms. The molecule has 1 aliphatic heterocycles. The summed E-state index contributed by atoms with van der Waals surface area (Å²) in [5.74, 6) is -0.0836. The van der Waals surface area contributed by atoms with Crippen LogP contribution in [0.4, 0.5) is 0 Å². The van der Waals surface area contributed by atoms with E-state index < -0.39 is 8.24 Å². The summed E-state index contributed by atoms with van der Waals surface area (Å²) < 4.78 is 8.14.